The summed E-state index contributed by atoms with van der Waals surface area (Å²) in [6.07, 6.45) is 0. The van der Waals surface area contributed by atoms with Crippen molar-refractivity contribution in [1.82, 2.24) is 9.88 Å². The molecule has 0 aromatic carbocycles. The molecule has 0 aliphatic heterocycles. The number of carbonyl (C=O) groups excluding carboxylic acids is 1. The van der Waals surface area contributed by atoms with Crippen molar-refractivity contribution in [3.05, 3.63) is 43.6 Å². The maximum Gasteiger partial charge on any atom is 0.274 e. The molecule has 4 nitrogen and oxygen atoms in total. The zero-order valence-electron chi connectivity index (χ0n) is 10.1. The van der Waals surface area contributed by atoms with E-state index >= 15 is 0 Å². The van der Waals surface area contributed by atoms with Crippen LogP contribution >= 0.6 is 38.9 Å². The Balaban J connectivity index is 2.16. The summed E-state index contributed by atoms with van der Waals surface area (Å²) in [5, 5.41) is 2.28. The van der Waals surface area contributed by atoms with Gasteiger partial charge in [-0.05, 0) is 34.1 Å². The number of anilines is 1. The van der Waals surface area contributed by atoms with Crippen molar-refractivity contribution in [3.8, 4) is 0 Å². The Labute approximate surface area is 128 Å². The van der Waals surface area contributed by atoms with Crippen LogP contribution < -0.4 is 5.73 Å². The summed E-state index contributed by atoms with van der Waals surface area (Å²) in [5.74, 6) is 0.0295. The molecule has 2 aromatic rings. The van der Waals surface area contributed by atoms with Gasteiger partial charge in [0.2, 0.25) is 0 Å². The molecule has 0 saturated carbocycles. The fourth-order valence-electron chi connectivity index (χ4n) is 1.53. The smallest absolute Gasteiger partial charge is 0.274 e. The molecule has 0 radical (unpaired) electrons. The summed E-state index contributed by atoms with van der Waals surface area (Å²) in [4.78, 5) is 18.9. The van der Waals surface area contributed by atoms with Crippen LogP contribution in [0.5, 0.6) is 0 Å². The van der Waals surface area contributed by atoms with Crippen molar-refractivity contribution in [2.75, 3.05) is 12.8 Å². The van der Waals surface area contributed by atoms with Crippen LogP contribution in [-0.4, -0.2) is 22.8 Å². The van der Waals surface area contributed by atoms with Crippen LogP contribution in [0.1, 0.15) is 15.4 Å². The normalized spacial score (nSPS) is 10.5. The Morgan fingerprint density at radius 1 is 1.58 bits per heavy atom. The number of aromatic nitrogens is 1. The minimum absolute atomic E-state index is 0.180. The molecule has 0 aliphatic rings. The number of nitrogens with two attached hydrogens (primary N) is 1. The van der Waals surface area contributed by atoms with E-state index in [-0.39, 0.29) is 17.4 Å². The Bertz CT molecular complexity index is 617. The Morgan fingerprint density at radius 3 is 2.95 bits per heavy atom. The zero-order valence-corrected chi connectivity index (χ0v) is 13.2. The zero-order chi connectivity index (χ0) is 14.0. The van der Waals surface area contributed by atoms with Crippen LogP contribution in [0.15, 0.2) is 28.1 Å². The number of rotatable bonds is 3. The number of thiophene rings is 1. The molecule has 7 heteroatoms. The molecule has 0 atom stereocenters. The molecule has 0 fully saturated rings. The molecule has 2 heterocycles. The number of carbonyl (C=O) groups is 1. The first kappa shape index (κ1) is 14.3. The molecule has 19 heavy (non-hydrogen) atoms. The van der Waals surface area contributed by atoms with Gasteiger partial charge in [-0.15, -0.1) is 11.3 Å². The summed E-state index contributed by atoms with van der Waals surface area (Å²) in [6, 6.07) is 5.12. The highest BCUT2D eigenvalue weighted by Gasteiger charge is 2.18. The number of halogens is 2. The third-order valence-electron chi connectivity index (χ3n) is 2.43. The van der Waals surface area contributed by atoms with E-state index in [4.69, 9.17) is 17.3 Å². The average Bonchev–Trinajstić information content (AvgIpc) is 2.77. The van der Waals surface area contributed by atoms with E-state index in [1.807, 2.05) is 11.4 Å². The number of pyridine rings is 1. The first-order valence-electron chi connectivity index (χ1n) is 5.38. The van der Waals surface area contributed by atoms with E-state index in [0.29, 0.717) is 11.6 Å². The van der Waals surface area contributed by atoms with E-state index in [0.717, 1.165) is 9.35 Å². The predicted molar refractivity (Wildman–Crippen MR) is 81.5 cm³/mol. The van der Waals surface area contributed by atoms with Gasteiger partial charge in [0.15, 0.2) is 0 Å². The van der Waals surface area contributed by atoms with Crippen molar-refractivity contribution in [2.45, 2.75) is 6.54 Å². The lowest BCUT2D eigenvalue weighted by atomic mass is 10.3. The highest BCUT2D eigenvalue weighted by Crippen LogP contribution is 2.22. The van der Waals surface area contributed by atoms with Gasteiger partial charge >= 0.3 is 0 Å². The summed E-state index contributed by atoms with van der Waals surface area (Å²) in [5.41, 5.74) is 5.76. The van der Waals surface area contributed by atoms with Gasteiger partial charge in [-0.2, -0.15) is 0 Å². The van der Waals surface area contributed by atoms with Crippen molar-refractivity contribution in [1.29, 1.82) is 0 Å². The number of nitrogens with zero attached hydrogens (tertiary/aromatic N) is 2. The summed E-state index contributed by atoms with van der Waals surface area (Å²) in [6.45, 7) is 0.502. The molecular formula is C12H11BrClN3OS. The van der Waals surface area contributed by atoms with E-state index in [2.05, 4.69) is 20.9 Å². The van der Waals surface area contributed by atoms with Gasteiger partial charge in [0.25, 0.3) is 5.91 Å². The third kappa shape index (κ3) is 3.46. The predicted octanol–water partition coefficient (Wildman–Crippen LogP) is 3.41. The molecule has 2 rings (SSSR count). The van der Waals surface area contributed by atoms with Crippen LogP contribution in [0.3, 0.4) is 0 Å². The fourth-order valence-corrected chi connectivity index (χ4v) is 3.22. The third-order valence-corrected chi connectivity index (χ3v) is 4.42. The van der Waals surface area contributed by atoms with Gasteiger partial charge in [0.1, 0.15) is 11.5 Å². The first-order valence-corrected chi connectivity index (χ1v) is 7.43. The van der Waals surface area contributed by atoms with E-state index in [1.54, 1.807) is 35.4 Å². The average molecular weight is 361 g/mol. The highest BCUT2D eigenvalue weighted by molar-refractivity contribution is 9.10. The van der Waals surface area contributed by atoms with Crippen LogP contribution in [-0.2, 0) is 6.54 Å². The fraction of sp³-hybridized carbons (Fsp3) is 0.167. The summed E-state index contributed by atoms with van der Waals surface area (Å²) in [7, 11) is 1.71. The Hall–Kier alpha value is -1.11. The Kier molecular flexibility index (Phi) is 4.44. The molecule has 0 unspecified atom stereocenters. The van der Waals surface area contributed by atoms with Crippen molar-refractivity contribution in [3.63, 3.8) is 0 Å². The molecule has 100 valence electrons. The standard InChI is InChI=1S/C12H11BrClN3OS/c1-17(5-8-4-7(13)6-19-8)12(18)11-9(14)2-3-10(15)16-11/h2-4,6H,5H2,1H3,(H2,15,16). The van der Waals surface area contributed by atoms with Crippen molar-refractivity contribution in [2.24, 2.45) is 0 Å². The lowest BCUT2D eigenvalue weighted by Crippen LogP contribution is -2.27. The molecule has 0 bridgehead atoms. The van der Waals surface area contributed by atoms with E-state index in [9.17, 15) is 4.79 Å². The maximum absolute atomic E-state index is 12.2. The van der Waals surface area contributed by atoms with Gasteiger partial charge in [-0.3, -0.25) is 4.79 Å². The monoisotopic (exact) mass is 359 g/mol. The van der Waals surface area contributed by atoms with Gasteiger partial charge in [-0.25, -0.2) is 4.98 Å². The molecule has 1 amide bonds. The highest BCUT2D eigenvalue weighted by atomic mass is 79.9. The summed E-state index contributed by atoms with van der Waals surface area (Å²) >= 11 is 10.9. The Morgan fingerprint density at radius 2 is 2.32 bits per heavy atom. The van der Waals surface area contributed by atoms with Gasteiger partial charge in [0, 0.05) is 21.8 Å². The summed E-state index contributed by atoms with van der Waals surface area (Å²) < 4.78 is 1.01. The molecular weight excluding hydrogens is 350 g/mol. The van der Waals surface area contributed by atoms with E-state index < -0.39 is 0 Å². The lowest BCUT2D eigenvalue weighted by Gasteiger charge is -2.16. The molecule has 2 aromatic heterocycles. The van der Waals surface area contributed by atoms with Crippen LogP contribution in [0.4, 0.5) is 5.82 Å². The van der Waals surface area contributed by atoms with Gasteiger partial charge in [-0.1, -0.05) is 11.6 Å². The number of hydrogen-bond donors (Lipinski definition) is 1. The molecule has 2 N–H and O–H groups in total. The number of nitrogen functional groups attached to an aromatic ring is 1. The van der Waals surface area contributed by atoms with Crippen LogP contribution in [0.2, 0.25) is 5.02 Å². The number of amides is 1. The second-order valence-corrected chi connectivity index (χ2v) is 6.28. The maximum atomic E-state index is 12.2. The minimum Gasteiger partial charge on any atom is -0.384 e. The lowest BCUT2D eigenvalue weighted by molar-refractivity contribution is 0.0781. The van der Waals surface area contributed by atoms with Gasteiger partial charge < -0.3 is 10.6 Å². The van der Waals surface area contributed by atoms with E-state index in [1.165, 1.54) is 0 Å². The minimum atomic E-state index is -0.248. The van der Waals surface area contributed by atoms with Crippen molar-refractivity contribution >= 4 is 50.6 Å². The molecule has 0 saturated heterocycles. The largest absolute Gasteiger partial charge is 0.384 e. The van der Waals surface area contributed by atoms with Crippen molar-refractivity contribution < 1.29 is 4.79 Å². The first-order chi connectivity index (χ1) is 8.97. The van der Waals surface area contributed by atoms with Gasteiger partial charge in [0.05, 0.1) is 11.6 Å². The molecule has 0 spiro atoms. The quantitative estimate of drug-likeness (QED) is 0.912. The van der Waals surface area contributed by atoms with Crippen LogP contribution in [0.25, 0.3) is 0 Å². The molecule has 0 aliphatic carbocycles. The number of hydrogen-bond acceptors (Lipinski definition) is 4. The second kappa shape index (κ2) is 5.90. The topological polar surface area (TPSA) is 59.2 Å². The SMILES string of the molecule is CN(Cc1cc(Br)cs1)C(=O)c1nc(N)ccc1Cl. The van der Waals surface area contributed by atoms with Crippen LogP contribution in [0, 0.1) is 0 Å². The second-order valence-electron chi connectivity index (χ2n) is 3.96.